The van der Waals surface area contributed by atoms with Crippen molar-refractivity contribution in [2.24, 2.45) is 41.4 Å². The van der Waals surface area contributed by atoms with Crippen molar-refractivity contribution < 1.29 is 75.4 Å². The molecule has 0 aromatic rings. The quantitative estimate of drug-likeness (QED) is 0.165. The van der Waals surface area contributed by atoms with Gasteiger partial charge in [0.05, 0.1) is 31.5 Å². The summed E-state index contributed by atoms with van der Waals surface area (Å²) in [6.07, 6.45) is 10.3. The van der Waals surface area contributed by atoms with Crippen molar-refractivity contribution in [2.45, 2.75) is 272 Å². The number of likely N-dealkylation sites (N-methyl/N-ethyl adjacent to an activating group) is 7. The van der Waals surface area contributed by atoms with Gasteiger partial charge in [-0.15, -0.1) is 0 Å². The molecule has 8 fully saturated rings. The zero-order chi connectivity index (χ0) is 77.9. The molecule has 0 aromatic heterocycles. The standard InChI is InChI=1S/C78H123F3N12O13S/c1-12-48(3)66-74(103)87(7)47-65(96)88(8)57-26-15-14-20-38-92(73(57)102)61(42-51-27-31-54(32-28-51)78(79,80)81)72(101)86(6)46-63(94)82-56(33-29-50-30-34-62-53(40-50)35-39-107-62)70(99)93-45-55(106-13-2)43-59(93)69(98)84-77(36-21-37-77)76(105)91(11)67(52-24-18-19-25-52)75(104)90(10)60(71(100)85(4)5)44-64(95)89(9)58(68(97)83-66)41-49-22-16-17-23-49/h14-15,48-62,66-67H,12-13,16-47H2,1-11H3,(H,82,94)(H,83,97)(H,84,98)/b15-14-/t48-,50?,51?,53?,54?,55+,56-,57-,58-,59-,60-,61-,62?,66-,67-/m0/s1. The number of amides is 12. The van der Waals surface area contributed by atoms with E-state index in [1.165, 1.54) is 95.6 Å². The van der Waals surface area contributed by atoms with E-state index in [9.17, 15) is 32.3 Å². The van der Waals surface area contributed by atoms with Gasteiger partial charge in [0.2, 0.25) is 70.9 Å². The molecule has 9 rings (SSSR count). The average molecular weight is 1530 g/mol. The molecule has 107 heavy (non-hydrogen) atoms. The molecule has 0 radical (unpaired) electrons. The van der Waals surface area contributed by atoms with Crippen molar-refractivity contribution in [2.75, 3.05) is 94.9 Å². The lowest BCUT2D eigenvalue weighted by atomic mass is 9.74. The number of fused-ring (bicyclic) bond motifs is 4. The predicted octanol–water partition coefficient (Wildman–Crippen LogP) is 6.54. The Kier molecular flexibility index (Phi) is 29.6. The fraction of sp³-hybridized carbons (Fsp3) is 0.821. The maximum Gasteiger partial charge on any atom is 0.391 e. The molecule has 3 saturated heterocycles. The first-order chi connectivity index (χ1) is 50.8. The summed E-state index contributed by atoms with van der Waals surface area (Å²) in [5.74, 6) is -8.62. The molecule has 0 aromatic carbocycles. The third-order valence-corrected chi connectivity index (χ3v) is 27.3. The highest BCUT2D eigenvalue weighted by Crippen LogP contribution is 2.46. The van der Waals surface area contributed by atoms with Crippen molar-refractivity contribution in [3.63, 3.8) is 0 Å². The minimum absolute atomic E-state index is 0.0133. The molecule has 12 amide bonds. The molecule has 13 atom stereocenters. The summed E-state index contributed by atoms with van der Waals surface area (Å²) in [4.78, 5) is 194. The SMILES string of the molecule is CCO[C@@H]1C[C@H]2C(=O)NC3(CCC3)C(=O)N(C)[C@@H](C3CCCC3)C(=O)N(C)[C@H](C(=O)N(C)C)CC(=O)N(C)[C@@H](CC3CCCC3)C(=O)N[C@@H]([C@@H](C)CC)C(=O)N(C)CC(=O)N(C)[C@H]3C/C=C\CCN(C3=O)[C@@H](CC3CCC(C(F)(F)F)CC3)C(=O)N(C)CC(=O)N[C@@H](CCC3CCC4SCCC4C3)C(=O)N2C1. The van der Waals surface area contributed by atoms with Gasteiger partial charge in [-0.3, -0.25) is 57.5 Å². The Morgan fingerprint density at radius 3 is 1.92 bits per heavy atom. The van der Waals surface area contributed by atoms with Gasteiger partial charge >= 0.3 is 6.18 Å². The molecular weight excluding hydrogens is 1400 g/mol. The number of rotatable bonds is 13. The van der Waals surface area contributed by atoms with E-state index in [0.29, 0.717) is 43.3 Å². The summed E-state index contributed by atoms with van der Waals surface area (Å²) in [7, 11) is 11.7. The highest BCUT2D eigenvalue weighted by atomic mass is 32.2. The smallest absolute Gasteiger partial charge is 0.377 e. The van der Waals surface area contributed by atoms with E-state index in [0.717, 1.165) is 74.9 Å². The number of ether oxygens (including phenoxy) is 1. The number of thioether (sulfide) groups is 1. The Bertz CT molecular complexity index is 3210. The largest absolute Gasteiger partial charge is 0.391 e. The number of nitrogens with one attached hydrogen (secondary N) is 3. The first kappa shape index (κ1) is 84.5. The molecule has 2 bridgehead atoms. The molecule has 4 aliphatic heterocycles. The highest BCUT2D eigenvalue weighted by Gasteiger charge is 2.54. The summed E-state index contributed by atoms with van der Waals surface area (Å²) in [6, 6.07) is -9.96. The Balaban J connectivity index is 1.09. The molecule has 3 unspecified atom stereocenters. The highest BCUT2D eigenvalue weighted by molar-refractivity contribution is 8.00. The number of alkyl halides is 3. The summed E-state index contributed by atoms with van der Waals surface area (Å²) >= 11 is 1.99. The molecule has 3 N–H and O–H groups in total. The van der Waals surface area contributed by atoms with Crippen LogP contribution < -0.4 is 16.0 Å². The van der Waals surface area contributed by atoms with Gasteiger partial charge < -0.3 is 64.8 Å². The van der Waals surface area contributed by atoms with E-state index >= 15 is 38.4 Å². The number of carbonyl (C=O) groups excluding carboxylic acids is 12. The topological polar surface area (TPSA) is 279 Å². The van der Waals surface area contributed by atoms with Crippen LogP contribution in [-0.4, -0.2) is 281 Å². The number of halogens is 3. The predicted molar refractivity (Wildman–Crippen MR) is 398 cm³/mol. The maximum atomic E-state index is 15.7. The minimum Gasteiger partial charge on any atom is -0.377 e. The van der Waals surface area contributed by atoms with Crippen molar-refractivity contribution in [1.82, 2.24) is 60.0 Å². The first-order valence-electron chi connectivity index (χ1n) is 40.0. The fourth-order valence-electron chi connectivity index (χ4n) is 18.7. The summed E-state index contributed by atoms with van der Waals surface area (Å²) < 4.78 is 48.7. The lowest BCUT2D eigenvalue weighted by Crippen LogP contribution is -2.68. The molecular formula is C78H123F3N12O13S. The summed E-state index contributed by atoms with van der Waals surface area (Å²) in [5.41, 5.74) is -1.53. The second-order valence-corrected chi connectivity index (χ2v) is 34.5. The van der Waals surface area contributed by atoms with Crippen molar-refractivity contribution >= 4 is 82.6 Å². The Morgan fingerprint density at radius 1 is 0.636 bits per heavy atom. The van der Waals surface area contributed by atoms with Crippen LogP contribution in [0, 0.1) is 41.4 Å². The van der Waals surface area contributed by atoms with Gasteiger partial charge in [-0.2, -0.15) is 24.9 Å². The van der Waals surface area contributed by atoms with Crippen molar-refractivity contribution in [3.05, 3.63) is 12.2 Å². The van der Waals surface area contributed by atoms with E-state index in [4.69, 9.17) is 4.74 Å². The third-order valence-electron chi connectivity index (χ3n) is 25.8. The van der Waals surface area contributed by atoms with Crippen LogP contribution in [0.4, 0.5) is 13.2 Å². The Hall–Kier alpha value is -6.52. The normalized spacial score (nSPS) is 32.7. The first-order valence-corrected chi connectivity index (χ1v) is 41.1. The molecule has 5 saturated carbocycles. The van der Waals surface area contributed by atoms with Gasteiger partial charge in [0.1, 0.15) is 53.9 Å². The molecule has 5 aliphatic carbocycles. The van der Waals surface area contributed by atoms with Gasteiger partial charge in [-0.25, -0.2) is 0 Å². The molecule has 25 nitrogen and oxygen atoms in total. The Morgan fingerprint density at radius 2 is 1.28 bits per heavy atom. The maximum absolute atomic E-state index is 15.7. The molecule has 600 valence electrons. The number of hydrogen-bond donors (Lipinski definition) is 3. The van der Waals surface area contributed by atoms with Crippen LogP contribution in [-0.2, 0) is 62.3 Å². The van der Waals surface area contributed by atoms with Crippen LogP contribution in [0.2, 0.25) is 0 Å². The van der Waals surface area contributed by atoms with Crippen LogP contribution >= 0.6 is 11.8 Å². The van der Waals surface area contributed by atoms with E-state index in [1.807, 2.05) is 24.8 Å². The fourth-order valence-corrected chi connectivity index (χ4v) is 20.3. The lowest BCUT2D eigenvalue weighted by Gasteiger charge is -2.46. The Labute approximate surface area is 635 Å². The van der Waals surface area contributed by atoms with Crippen LogP contribution in [0.3, 0.4) is 0 Å². The second kappa shape index (κ2) is 37.5. The number of nitrogens with zero attached hydrogens (tertiary/aromatic N) is 9. The van der Waals surface area contributed by atoms with Crippen molar-refractivity contribution in [1.29, 1.82) is 0 Å². The van der Waals surface area contributed by atoms with Gasteiger partial charge in [0.25, 0.3) is 0 Å². The number of hydrogen-bond acceptors (Lipinski definition) is 14. The lowest BCUT2D eigenvalue weighted by molar-refractivity contribution is -0.184. The molecule has 9 aliphatic rings. The van der Waals surface area contributed by atoms with Crippen LogP contribution in [0.1, 0.15) is 201 Å². The van der Waals surface area contributed by atoms with Gasteiger partial charge in [0.15, 0.2) is 0 Å². The van der Waals surface area contributed by atoms with E-state index in [-0.39, 0.29) is 114 Å². The summed E-state index contributed by atoms with van der Waals surface area (Å²) in [6.45, 7) is 4.41. The molecule has 4 heterocycles. The van der Waals surface area contributed by atoms with E-state index in [1.54, 1.807) is 19.9 Å². The monoisotopic (exact) mass is 1520 g/mol. The zero-order valence-electron chi connectivity index (χ0n) is 65.4. The summed E-state index contributed by atoms with van der Waals surface area (Å²) in [5, 5.41) is 9.63. The number of carbonyl (C=O) groups is 12. The molecule has 29 heteroatoms. The van der Waals surface area contributed by atoms with Crippen molar-refractivity contribution in [3.8, 4) is 0 Å². The van der Waals surface area contributed by atoms with Crippen LogP contribution in [0.15, 0.2) is 12.2 Å². The van der Waals surface area contributed by atoms with E-state index in [2.05, 4.69) is 16.0 Å². The van der Waals surface area contributed by atoms with Gasteiger partial charge in [0, 0.05) is 87.7 Å². The van der Waals surface area contributed by atoms with E-state index < -0.39 is 174 Å². The van der Waals surface area contributed by atoms with Gasteiger partial charge in [-0.1, -0.05) is 70.9 Å². The average Bonchev–Trinajstić information content (AvgIpc) is 1.72. The van der Waals surface area contributed by atoms with Gasteiger partial charge in [-0.05, 0) is 170 Å². The zero-order valence-corrected chi connectivity index (χ0v) is 66.2. The minimum atomic E-state index is -4.43. The van der Waals surface area contributed by atoms with Crippen LogP contribution in [0.25, 0.3) is 0 Å². The molecule has 1 spiro atoms. The second-order valence-electron chi connectivity index (χ2n) is 33.1. The van der Waals surface area contributed by atoms with Crippen LogP contribution in [0.5, 0.6) is 0 Å². The third kappa shape index (κ3) is 20.4.